The van der Waals surface area contributed by atoms with E-state index in [2.05, 4.69) is 29.6 Å². The third kappa shape index (κ3) is 3.48. The molecule has 0 fully saturated rings. The van der Waals surface area contributed by atoms with Crippen LogP contribution in [0.4, 0.5) is 0 Å². The number of nitrogens with one attached hydrogen (secondary N) is 1. The number of rotatable bonds is 4. The van der Waals surface area contributed by atoms with Crippen LogP contribution in [-0.4, -0.2) is 12.7 Å². The molecule has 0 saturated carbocycles. The van der Waals surface area contributed by atoms with Crippen molar-refractivity contribution in [3.05, 3.63) is 77.9 Å². The molecule has 1 aliphatic rings. The first kappa shape index (κ1) is 15.3. The molecule has 4 rings (SSSR count). The Bertz CT molecular complexity index is 962. The van der Waals surface area contributed by atoms with Gasteiger partial charge in [0.1, 0.15) is 0 Å². The molecule has 4 nitrogen and oxygen atoms in total. The van der Waals surface area contributed by atoms with Gasteiger partial charge in [-0.05, 0) is 46.2 Å². The molecule has 0 unspecified atom stereocenters. The highest BCUT2D eigenvalue weighted by atomic mass is 16.7. The van der Waals surface area contributed by atoms with Gasteiger partial charge in [-0.15, -0.1) is 0 Å². The highest BCUT2D eigenvalue weighted by Gasteiger charge is 2.12. The standard InChI is InChI=1S/C21H17NO3/c23-21(10-7-15-6-9-19-20(12-15)25-14-24-19)22-13-16-5-8-17-3-1-2-4-18(17)11-16/h1-12H,13-14H2,(H,22,23)/b10-7+. The maximum atomic E-state index is 12.0. The maximum Gasteiger partial charge on any atom is 0.244 e. The van der Waals surface area contributed by atoms with Crippen LogP contribution in [0.25, 0.3) is 16.8 Å². The highest BCUT2D eigenvalue weighted by molar-refractivity contribution is 5.92. The molecule has 0 aliphatic carbocycles. The zero-order valence-electron chi connectivity index (χ0n) is 13.6. The number of hydrogen-bond acceptors (Lipinski definition) is 3. The van der Waals surface area contributed by atoms with E-state index < -0.39 is 0 Å². The zero-order chi connectivity index (χ0) is 17.1. The summed E-state index contributed by atoms with van der Waals surface area (Å²) in [5.41, 5.74) is 1.97. The Morgan fingerprint density at radius 2 is 1.80 bits per heavy atom. The monoisotopic (exact) mass is 331 g/mol. The average molecular weight is 331 g/mol. The highest BCUT2D eigenvalue weighted by Crippen LogP contribution is 2.32. The number of ether oxygens (including phenoxy) is 2. The van der Waals surface area contributed by atoms with E-state index in [1.807, 2.05) is 36.4 Å². The van der Waals surface area contributed by atoms with Gasteiger partial charge in [-0.2, -0.15) is 0 Å². The Morgan fingerprint density at radius 3 is 2.72 bits per heavy atom. The first-order chi connectivity index (χ1) is 12.3. The third-order valence-electron chi connectivity index (χ3n) is 4.10. The van der Waals surface area contributed by atoms with Gasteiger partial charge in [-0.3, -0.25) is 4.79 Å². The summed E-state index contributed by atoms with van der Waals surface area (Å²) in [5.74, 6) is 1.31. The summed E-state index contributed by atoms with van der Waals surface area (Å²) in [6.45, 7) is 0.740. The van der Waals surface area contributed by atoms with Gasteiger partial charge in [0.15, 0.2) is 11.5 Å². The summed E-state index contributed by atoms with van der Waals surface area (Å²) in [4.78, 5) is 12.0. The fourth-order valence-corrected chi connectivity index (χ4v) is 2.79. The molecule has 0 aromatic heterocycles. The Morgan fingerprint density at radius 1 is 0.960 bits per heavy atom. The Hall–Kier alpha value is -3.27. The molecule has 0 atom stereocenters. The molecule has 0 bridgehead atoms. The smallest absolute Gasteiger partial charge is 0.244 e. The van der Waals surface area contributed by atoms with Crippen LogP contribution in [0.3, 0.4) is 0 Å². The quantitative estimate of drug-likeness (QED) is 0.738. The molecule has 25 heavy (non-hydrogen) atoms. The average Bonchev–Trinajstić information content (AvgIpc) is 3.12. The summed E-state index contributed by atoms with van der Waals surface area (Å²) in [7, 11) is 0. The number of benzene rings is 3. The van der Waals surface area contributed by atoms with Crippen molar-refractivity contribution >= 4 is 22.8 Å². The molecule has 0 radical (unpaired) electrons. The topological polar surface area (TPSA) is 47.6 Å². The number of carbonyl (C=O) groups excluding carboxylic acids is 1. The largest absolute Gasteiger partial charge is 0.454 e. The SMILES string of the molecule is O=C(/C=C/c1ccc2c(c1)OCO2)NCc1ccc2ccccc2c1. The van der Waals surface area contributed by atoms with Crippen molar-refractivity contribution < 1.29 is 14.3 Å². The van der Waals surface area contributed by atoms with Gasteiger partial charge in [0.2, 0.25) is 12.7 Å². The molecule has 3 aromatic rings. The first-order valence-corrected chi connectivity index (χ1v) is 8.11. The fraction of sp³-hybridized carbons (Fsp3) is 0.0952. The predicted molar refractivity (Wildman–Crippen MR) is 97.4 cm³/mol. The molecule has 1 aliphatic heterocycles. The summed E-state index contributed by atoms with van der Waals surface area (Å²) >= 11 is 0. The van der Waals surface area contributed by atoms with E-state index in [-0.39, 0.29) is 12.7 Å². The lowest BCUT2D eigenvalue weighted by Gasteiger charge is -2.05. The first-order valence-electron chi connectivity index (χ1n) is 8.11. The minimum Gasteiger partial charge on any atom is -0.454 e. The van der Waals surface area contributed by atoms with Gasteiger partial charge in [-0.1, -0.05) is 42.5 Å². The number of hydrogen-bond donors (Lipinski definition) is 1. The van der Waals surface area contributed by atoms with Gasteiger partial charge in [-0.25, -0.2) is 0 Å². The molecule has 1 amide bonds. The van der Waals surface area contributed by atoms with Crippen LogP contribution in [0, 0.1) is 0 Å². The molecule has 0 spiro atoms. The van der Waals surface area contributed by atoms with Gasteiger partial charge in [0, 0.05) is 12.6 Å². The maximum absolute atomic E-state index is 12.0. The molecular formula is C21H17NO3. The van der Waals surface area contributed by atoms with E-state index in [9.17, 15) is 4.79 Å². The van der Waals surface area contributed by atoms with Gasteiger partial charge >= 0.3 is 0 Å². The molecule has 1 heterocycles. The van der Waals surface area contributed by atoms with Crippen LogP contribution in [-0.2, 0) is 11.3 Å². The molecular weight excluding hydrogens is 314 g/mol. The second kappa shape index (κ2) is 6.69. The van der Waals surface area contributed by atoms with Crippen LogP contribution in [0.2, 0.25) is 0 Å². The second-order valence-corrected chi connectivity index (χ2v) is 5.85. The van der Waals surface area contributed by atoms with Crippen molar-refractivity contribution in [1.82, 2.24) is 5.32 Å². The lowest BCUT2D eigenvalue weighted by Crippen LogP contribution is -2.20. The lowest BCUT2D eigenvalue weighted by molar-refractivity contribution is -0.116. The normalized spacial score (nSPS) is 12.6. The van der Waals surface area contributed by atoms with Gasteiger partial charge in [0.25, 0.3) is 0 Å². The van der Waals surface area contributed by atoms with E-state index in [1.54, 1.807) is 6.08 Å². The van der Waals surface area contributed by atoms with E-state index in [4.69, 9.17) is 9.47 Å². The van der Waals surface area contributed by atoms with Gasteiger partial charge < -0.3 is 14.8 Å². The van der Waals surface area contributed by atoms with Crippen molar-refractivity contribution in [3.8, 4) is 11.5 Å². The molecule has 0 saturated heterocycles. The molecule has 4 heteroatoms. The van der Waals surface area contributed by atoms with E-state index in [0.717, 1.165) is 16.9 Å². The van der Waals surface area contributed by atoms with E-state index >= 15 is 0 Å². The van der Waals surface area contributed by atoms with E-state index in [1.165, 1.54) is 16.8 Å². The Balaban J connectivity index is 1.38. The van der Waals surface area contributed by atoms with Crippen molar-refractivity contribution in [2.24, 2.45) is 0 Å². The number of amides is 1. The molecule has 124 valence electrons. The minimum atomic E-state index is -0.133. The van der Waals surface area contributed by atoms with Crippen LogP contribution < -0.4 is 14.8 Å². The summed E-state index contributed by atoms with van der Waals surface area (Å²) in [6.07, 6.45) is 3.29. The minimum absolute atomic E-state index is 0.133. The third-order valence-corrected chi connectivity index (χ3v) is 4.10. The summed E-state index contributed by atoms with van der Waals surface area (Å²) < 4.78 is 10.6. The predicted octanol–water partition coefficient (Wildman–Crippen LogP) is 3.90. The van der Waals surface area contributed by atoms with Crippen LogP contribution >= 0.6 is 0 Å². The molecule has 3 aromatic carbocycles. The lowest BCUT2D eigenvalue weighted by atomic mass is 10.1. The van der Waals surface area contributed by atoms with Crippen molar-refractivity contribution in [2.75, 3.05) is 6.79 Å². The Kier molecular flexibility index (Phi) is 4.09. The van der Waals surface area contributed by atoms with Crippen LogP contribution in [0.15, 0.2) is 66.7 Å². The van der Waals surface area contributed by atoms with Crippen molar-refractivity contribution in [3.63, 3.8) is 0 Å². The fourth-order valence-electron chi connectivity index (χ4n) is 2.79. The Labute approximate surface area is 145 Å². The van der Waals surface area contributed by atoms with Crippen LogP contribution in [0.1, 0.15) is 11.1 Å². The van der Waals surface area contributed by atoms with Crippen molar-refractivity contribution in [2.45, 2.75) is 6.54 Å². The molecule has 1 N–H and O–H groups in total. The summed E-state index contributed by atoms with van der Waals surface area (Å²) in [5, 5.41) is 5.27. The van der Waals surface area contributed by atoms with Crippen LogP contribution in [0.5, 0.6) is 11.5 Å². The number of fused-ring (bicyclic) bond motifs is 2. The zero-order valence-corrected chi connectivity index (χ0v) is 13.6. The second-order valence-electron chi connectivity index (χ2n) is 5.85. The van der Waals surface area contributed by atoms with E-state index in [0.29, 0.717) is 12.3 Å². The van der Waals surface area contributed by atoms with Crippen molar-refractivity contribution in [1.29, 1.82) is 0 Å². The van der Waals surface area contributed by atoms with Gasteiger partial charge in [0.05, 0.1) is 0 Å². The number of carbonyl (C=O) groups is 1. The summed E-state index contributed by atoms with van der Waals surface area (Å²) in [6, 6.07) is 20.0.